The molecule has 1 aliphatic heterocycles. The predicted octanol–water partition coefficient (Wildman–Crippen LogP) is 5.13. The zero-order valence-corrected chi connectivity index (χ0v) is 16.5. The van der Waals surface area contributed by atoms with Crippen LogP contribution < -0.4 is 5.32 Å². The van der Waals surface area contributed by atoms with Gasteiger partial charge < -0.3 is 5.32 Å². The van der Waals surface area contributed by atoms with Crippen molar-refractivity contribution in [3.63, 3.8) is 0 Å². The summed E-state index contributed by atoms with van der Waals surface area (Å²) in [6, 6.07) is 2.24. The first-order valence-corrected chi connectivity index (χ1v) is 9.34. The third kappa shape index (κ3) is 4.82. The molecule has 1 aliphatic rings. The smallest absolute Gasteiger partial charge is 0.309 e. The van der Waals surface area contributed by atoms with Gasteiger partial charge in [0.2, 0.25) is 5.91 Å². The lowest BCUT2D eigenvalue weighted by Gasteiger charge is -2.26. The van der Waals surface area contributed by atoms with Crippen molar-refractivity contribution in [1.29, 1.82) is 0 Å². The lowest BCUT2D eigenvalue weighted by Crippen LogP contribution is -2.36. The fourth-order valence-corrected chi connectivity index (χ4v) is 3.34. The number of halogens is 7. The summed E-state index contributed by atoms with van der Waals surface area (Å²) in [5.41, 5.74) is -2.12. The Balaban J connectivity index is 1.98. The fraction of sp³-hybridized carbons (Fsp3) is 0.526. The second kappa shape index (κ2) is 7.79. The number of hydrogen-bond acceptors (Lipinski definition) is 3. The second-order valence-corrected chi connectivity index (χ2v) is 8.09. The molecule has 1 unspecified atom stereocenters. The third-order valence-electron chi connectivity index (χ3n) is 5.26. The molecule has 0 fully saturated rings. The second-order valence-electron chi connectivity index (χ2n) is 8.09. The van der Waals surface area contributed by atoms with Crippen LogP contribution in [0.2, 0.25) is 0 Å². The number of alkyl halides is 6. The van der Waals surface area contributed by atoms with E-state index in [0.717, 1.165) is 26.1 Å². The van der Waals surface area contributed by atoms with Gasteiger partial charge in [-0.15, -0.1) is 0 Å². The maximum absolute atomic E-state index is 13.3. The molecule has 1 atom stereocenters. The average Bonchev–Trinajstić information content (AvgIpc) is 2.97. The number of anilines is 1. The summed E-state index contributed by atoms with van der Waals surface area (Å²) >= 11 is 0. The number of carbonyl (C=O) groups excluding carboxylic acids is 1. The van der Waals surface area contributed by atoms with Crippen molar-refractivity contribution in [2.45, 2.75) is 52.0 Å². The largest absolute Gasteiger partial charge is 0.394 e. The number of pyridine rings is 1. The van der Waals surface area contributed by atoms with Gasteiger partial charge in [0.15, 0.2) is 5.82 Å². The van der Waals surface area contributed by atoms with E-state index in [2.05, 4.69) is 15.4 Å². The van der Waals surface area contributed by atoms with Crippen LogP contribution in [0.1, 0.15) is 32.4 Å². The van der Waals surface area contributed by atoms with E-state index in [1.54, 1.807) is 0 Å². The van der Waals surface area contributed by atoms with Crippen LogP contribution in [0.4, 0.5) is 36.6 Å². The van der Waals surface area contributed by atoms with E-state index in [0.29, 0.717) is 0 Å². The standard InChI is InChI=1S/C19H19F7N4O/c1-17(2,19(24,25)26)8-14(31)28-16-15(12-4-3-11(20)9-27-12)13-7-10(18(21,22)23)5-6-30(13)29-16/h3-4,9-10H,5-8H2,1-2H3,(H,28,29,31). The number of rotatable bonds is 4. The number of fused-ring (bicyclic) bond motifs is 1. The summed E-state index contributed by atoms with van der Waals surface area (Å²) in [5.74, 6) is -3.55. The first-order valence-electron chi connectivity index (χ1n) is 9.34. The summed E-state index contributed by atoms with van der Waals surface area (Å²) in [5, 5.41) is 6.38. The van der Waals surface area contributed by atoms with Crippen LogP contribution in [0.15, 0.2) is 18.3 Å². The third-order valence-corrected chi connectivity index (χ3v) is 5.26. The number of nitrogens with zero attached hydrogens (tertiary/aromatic N) is 3. The van der Waals surface area contributed by atoms with Gasteiger partial charge in [-0.2, -0.15) is 31.4 Å². The van der Waals surface area contributed by atoms with Gasteiger partial charge in [0.1, 0.15) is 5.82 Å². The van der Waals surface area contributed by atoms with Gasteiger partial charge in [-0.05, 0) is 18.6 Å². The van der Waals surface area contributed by atoms with Gasteiger partial charge in [-0.25, -0.2) is 4.39 Å². The van der Waals surface area contributed by atoms with Crippen molar-refractivity contribution in [3.8, 4) is 11.3 Å². The maximum atomic E-state index is 13.3. The van der Waals surface area contributed by atoms with Crippen LogP contribution in [0.5, 0.6) is 0 Å². The molecule has 0 bridgehead atoms. The molecule has 0 saturated carbocycles. The summed E-state index contributed by atoms with van der Waals surface area (Å²) in [6.45, 7) is 1.62. The molecule has 3 heterocycles. The zero-order valence-electron chi connectivity index (χ0n) is 16.5. The Morgan fingerprint density at radius 2 is 1.87 bits per heavy atom. The summed E-state index contributed by atoms with van der Waals surface area (Å²) in [7, 11) is 0. The molecule has 0 aromatic carbocycles. The van der Waals surface area contributed by atoms with Crippen LogP contribution in [0, 0.1) is 17.2 Å². The molecular weight excluding hydrogens is 433 g/mol. The molecule has 0 radical (unpaired) electrons. The highest BCUT2D eigenvalue weighted by atomic mass is 19.4. The molecule has 12 heteroatoms. The first kappa shape index (κ1) is 23.0. The van der Waals surface area contributed by atoms with Crippen LogP contribution in [-0.2, 0) is 17.8 Å². The summed E-state index contributed by atoms with van der Waals surface area (Å²) in [6.07, 6.45) is -9.85. The Labute approximate surface area is 172 Å². The molecule has 0 spiro atoms. The molecule has 2 aromatic heterocycles. The van der Waals surface area contributed by atoms with E-state index < -0.39 is 48.3 Å². The minimum absolute atomic E-state index is 0.0344. The van der Waals surface area contributed by atoms with Gasteiger partial charge >= 0.3 is 12.4 Å². The van der Waals surface area contributed by atoms with E-state index in [1.807, 2.05) is 0 Å². The Hall–Kier alpha value is -2.66. The zero-order chi connectivity index (χ0) is 23.2. The Kier molecular flexibility index (Phi) is 5.78. The van der Waals surface area contributed by atoms with Crippen LogP contribution in [0.3, 0.4) is 0 Å². The van der Waals surface area contributed by atoms with E-state index >= 15 is 0 Å². The van der Waals surface area contributed by atoms with Gasteiger partial charge in [0, 0.05) is 19.4 Å². The van der Waals surface area contributed by atoms with Gasteiger partial charge in [0.25, 0.3) is 0 Å². The quantitative estimate of drug-likeness (QED) is 0.655. The molecule has 3 rings (SSSR count). The molecule has 2 aromatic rings. The topological polar surface area (TPSA) is 59.8 Å². The van der Waals surface area contributed by atoms with E-state index in [9.17, 15) is 35.5 Å². The van der Waals surface area contributed by atoms with Crippen LogP contribution >= 0.6 is 0 Å². The monoisotopic (exact) mass is 452 g/mol. The molecule has 170 valence electrons. The SMILES string of the molecule is CC(C)(CC(=O)Nc1nn2c(c1-c1ccc(F)cn1)CC(C(F)(F)F)CC2)C(F)(F)F. The highest BCUT2D eigenvalue weighted by molar-refractivity contribution is 5.94. The van der Waals surface area contributed by atoms with E-state index in [1.165, 1.54) is 10.7 Å². The van der Waals surface area contributed by atoms with E-state index in [-0.39, 0.29) is 35.7 Å². The van der Waals surface area contributed by atoms with Crippen molar-refractivity contribution in [2.24, 2.45) is 11.3 Å². The van der Waals surface area contributed by atoms with Gasteiger partial charge in [-0.1, -0.05) is 13.8 Å². The number of amides is 1. The molecule has 0 saturated heterocycles. The molecule has 5 nitrogen and oxygen atoms in total. The van der Waals surface area contributed by atoms with Gasteiger partial charge in [-0.3, -0.25) is 14.5 Å². The Morgan fingerprint density at radius 3 is 2.42 bits per heavy atom. The lowest BCUT2D eigenvalue weighted by molar-refractivity contribution is -0.213. The van der Waals surface area contributed by atoms with Crippen LogP contribution in [-0.4, -0.2) is 33.0 Å². The molecule has 0 aliphatic carbocycles. The van der Waals surface area contributed by atoms with Crippen molar-refractivity contribution >= 4 is 11.7 Å². The molecule has 31 heavy (non-hydrogen) atoms. The maximum Gasteiger partial charge on any atom is 0.394 e. The normalized spacial score (nSPS) is 17.4. The predicted molar refractivity (Wildman–Crippen MR) is 96.4 cm³/mol. The van der Waals surface area contributed by atoms with Crippen molar-refractivity contribution in [2.75, 3.05) is 5.32 Å². The minimum Gasteiger partial charge on any atom is -0.309 e. The number of aryl methyl sites for hydroxylation is 1. The van der Waals surface area contributed by atoms with E-state index in [4.69, 9.17) is 0 Å². The first-order chi connectivity index (χ1) is 14.2. The number of nitrogens with one attached hydrogen (secondary N) is 1. The summed E-state index contributed by atoms with van der Waals surface area (Å²) < 4.78 is 93.7. The Morgan fingerprint density at radius 1 is 1.19 bits per heavy atom. The van der Waals surface area contributed by atoms with Crippen molar-refractivity contribution in [3.05, 3.63) is 29.8 Å². The fourth-order valence-electron chi connectivity index (χ4n) is 3.34. The Bertz CT molecular complexity index is 961. The van der Waals surface area contributed by atoms with Crippen molar-refractivity contribution in [1.82, 2.24) is 14.8 Å². The lowest BCUT2D eigenvalue weighted by atomic mass is 9.88. The number of hydrogen-bond donors (Lipinski definition) is 1. The summed E-state index contributed by atoms with van der Waals surface area (Å²) in [4.78, 5) is 16.2. The molecular formula is C19H19F7N4O. The number of carbonyl (C=O) groups is 1. The van der Waals surface area contributed by atoms with Gasteiger partial charge in [0.05, 0.1) is 34.5 Å². The molecule has 1 amide bonds. The van der Waals surface area contributed by atoms with Crippen LogP contribution in [0.25, 0.3) is 11.3 Å². The number of aromatic nitrogens is 3. The molecule has 1 N–H and O–H groups in total. The average molecular weight is 452 g/mol. The highest BCUT2D eigenvalue weighted by Crippen LogP contribution is 2.42. The minimum atomic E-state index is -4.64. The van der Waals surface area contributed by atoms with Crippen molar-refractivity contribution < 1.29 is 35.5 Å². The highest BCUT2D eigenvalue weighted by Gasteiger charge is 2.48.